The maximum atomic E-state index is 12.7. The van der Waals surface area contributed by atoms with Gasteiger partial charge < -0.3 is 29.8 Å². The number of esters is 2. The van der Waals surface area contributed by atoms with E-state index in [1.165, 1.54) is 0 Å². The van der Waals surface area contributed by atoms with Gasteiger partial charge in [-0.05, 0) is 69.4 Å². The summed E-state index contributed by atoms with van der Waals surface area (Å²) in [5.74, 6) is -1.52. The summed E-state index contributed by atoms with van der Waals surface area (Å²) in [7, 11) is 0. The second kappa shape index (κ2) is 22.0. The van der Waals surface area contributed by atoms with Gasteiger partial charge in [0.15, 0.2) is 5.34 Å². The molecule has 0 saturated heterocycles. The Kier molecular flexibility index (Phi) is 18.3. The van der Waals surface area contributed by atoms with Gasteiger partial charge in [-0.15, -0.1) is 4.91 Å². The molecule has 0 unspecified atom stereocenters. The summed E-state index contributed by atoms with van der Waals surface area (Å²) in [5, 5.41) is 26.4. The van der Waals surface area contributed by atoms with Crippen molar-refractivity contribution in [3.8, 4) is 0 Å². The topological polar surface area (TPSA) is 161 Å². The number of amides is 1. The van der Waals surface area contributed by atoms with Gasteiger partial charge in [-0.2, -0.15) is 0 Å². The van der Waals surface area contributed by atoms with Crippen LogP contribution in [0.2, 0.25) is 0 Å². The zero-order valence-corrected chi connectivity index (χ0v) is 25.7. The molecular weight excluding hydrogens is 568 g/mol. The third kappa shape index (κ3) is 15.2. The minimum atomic E-state index is -0.723. The number of nitrogens with zero attached hydrogens (tertiary/aromatic N) is 1. The van der Waals surface area contributed by atoms with Crippen molar-refractivity contribution in [2.45, 2.75) is 95.9 Å². The van der Waals surface area contributed by atoms with E-state index >= 15 is 0 Å². The fourth-order valence-corrected chi connectivity index (χ4v) is 5.14. The zero-order valence-electron chi connectivity index (χ0n) is 25.7. The maximum absolute atomic E-state index is 12.7. The van der Waals surface area contributed by atoms with Crippen molar-refractivity contribution < 1.29 is 38.9 Å². The summed E-state index contributed by atoms with van der Waals surface area (Å²) in [4.78, 5) is 50.5. The highest BCUT2D eigenvalue weighted by Crippen LogP contribution is 2.36. The van der Waals surface area contributed by atoms with Crippen molar-refractivity contribution in [2.24, 2.45) is 17.2 Å². The molecule has 1 aromatic carbocycles. The van der Waals surface area contributed by atoms with E-state index in [9.17, 15) is 29.5 Å². The molecule has 1 fully saturated rings. The number of carbonyl (C=O) groups excluding carboxylic acids is 3. The van der Waals surface area contributed by atoms with Crippen molar-refractivity contribution in [2.75, 3.05) is 19.8 Å². The SMILES string of the molecule is CCNC(=O)CCC/C=C\C[C@@H]1[C@@H](/C=C/[C@H](CCc2ccccc2)OC(=O)CCC(=O)OCCCCON=O)[C@H](O)C[C@@H]1O. The summed E-state index contributed by atoms with van der Waals surface area (Å²) < 4.78 is 10.8. The largest absolute Gasteiger partial charge is 0.466 e. The molecule has 1 saturated carbocycles. The first-order chi connectivity index (χ1) is 21.3. The first-order valence-electron chi connectivity index (χ1n) is 15.6. The number of hydrogen-bond acceptors (Lipinski definition) is 10. The molecule has 1 amide bonds. The van der Waals surface area contributed by atoms with Crippen LogP contribution in [0.5, 0.6) is 0 Å². The second-order valence-corrected chi connectivity index (χ2v) is 10.9. The van der Waals surface area contributed by atoms with Crippen LogP contribution >= 0.6 is 0 Å². The molecule has 3 N–H and O–H groups in total. The van der Waals surface area contributed by atoms with E-state index in [4.69, 9.17) is 9.47 Å². The van der Waals surface area contributed by atoms with Crippen LogP contribution in [0.3, 0.4) is 0 Å². The number of rotatable bonds is 22. The molecule has 0 aromatic heterocycles. The lowest BCUT2D eigenvalue weighted by atomic mass is 9.89. The van der Waals surface area contributed by atoms with Gasteiger partial charge in [0.25, 0.3) is 0 Å². The number of unbranched alkanes of at least 4 members (excludes halogenated alkanes) is 2. The molecule has 0 radical (unpaired) electrons. The van der Waals surface area contributed by atoms with Crippen molar-refractivity contribution in [1.29, 1.82) is 0 Å². The smallest absolute Gasteiger partial charge is 0.306 e. The Morgan fingerprint density at radius 2 is 1.75 bits per heavy atom. The predicted octanol–water partition coefficient (Wildman–Crippen LogP) is 4.50. The first-order valence-corrected chi connectivity index (χ1v) is 15.6. The lowest BCUT2D eigenvalue weighted by Gasteiger charge is -2.21. The van der Waals surface area contributed by atoms with Crippen molar-refractivity contribution in [3.63, 3.8) is 0 Å². The molecule has 0 heterocycles. The van der Waals surface area contributed by atoms with E-state index < -0.39 is 30.3 Å². The molecule has 44 heavy (non-hydrogen) atoms. The summed E-state index contributed by atoms with van der Waals surface area (Å²) >= 11 is 0. The highest BCUT2D eigenvalue weighted by molar-refractivity contribution is 5.77. The van der Waals surface area contributed by atoms with Gasteiger partial charge >= 0.3 is 11.9 Å². The summed E-state index contributed by atoms with van der Waals surface area (Å²) in [6, 6.07) is 9.81. The minimum Gasteiger partial charge on any atom is -0.466 e. The van der Waals surface area contributed by atoms with Crippen LogP contribution in [-0.2, 0) is 35.1 Å². The van der Waals surface area contributed by atoms with E-state index in [0.717, 1.165) is 18.4 Å². The van der Waals surface area contributed by atoms with E-state index in [1.54, 1.807) is 6.08 Å². The zero-order chi connectivity index (χ0) is 32.0. The molecule has 0 bridgehead atoms. The number of aliphatic hydroxyl groups excluding tert-OH is 2. The molecule has 1 aromatic rings. The highest BCUT2D eigenvalue weighted by Gasteiger charge is 2.39. The lowest BCUT2D eigenvalue weighted by Crippen LogP contribution is -2.22. The van der Waals surface area contributed by atoms with E-state index in [-0.39, 0.29) is 50.2 Å². The Hall–Kier alpha value is -3.57. The fraction of sp³-hybridized carbons (Fsp3) is 0.606. The quantitative estimate of drug-likeness (QED) is 0.0560. The number of allylic oxidation sites excluding steroid dienone is 2. The molecular formula is C33H48N2O9. The molecule has 11 heteroatoms. The van der Waals surface area contributed by atoms with Crippen LogP contribution in [0.15, 0.2) is 60.0 Å². The third-order valence-electron chi connectivity index (χ3n) is 7.51. The van der Waals surface area contributed by atoms with Gasteiger partial charge in [0.2, 0.25) is 5.91 Å². The summed E-state index contributed by atoms with van der Waals surface area (Å²) in [6.45, 7) is 2.81. The Labute approximate surface area is 260 Å². The molecule has 11 nitrogen and oxygen atoms in total. The second-order valence-electron chi connectivity index (χ2n) is 10.9. The Morgan fingerprint density at radius 1 is 1.00 bits per heavy atom. The van der Waals surface area contributed by atoms with Crippen LogP contribution in [0.4, 0.5) is 0 Å². The van der Waals surface area contributed by atoms with Crippen LogP contribution < -0.4 is 5.32 Å². The summed E-state index contributed by atoms with van der Waals surface area (Å²) in [6.07, 6.45) is 10.4. The predicted molar refractivity (Wildman–Crippen MR) is 165 cm³/mol. The van der Waals surface area contributed by atoms with E-state index in [1.807, 2.05) is 55.5 Å². The fourth-order valence-electron chi connectivity index (χ4n) is 5.14. The number of aliphatic hydroxyl groups is 2. The number of benzene rings is 1. The minimum absolute atomic E-state index is 0.0375. The van der Waals surface area contributed by atoms with Crippen LogP contribution in [-0.4, -0.2) is 66.1 Å². The van der Waals surface area contributed by atoms with Crippen LogP contribution in [0, 0.1) is 16.7 Å². The molecule has 0 aliphatic heterocycles. The maximum Gasteiger partial charge on any atom is 0.306 e. The van der Waals surface area contributed by atoms with Gasteiger partial charge in [-0.3, -0.25) is 14.4 Å². The Bertz CT molecular complexity index is 1050. The van der Waals surface area contributed by atoms with Crippen molar-refractivity contribution >= 4 is 17.8 Å². The summed E-state index contributed by atoms with van der Waals surface area (Å²) in [5.41, 5.74) is 1.09. The van der Waals surface area contributed by atoms with Gasteiger partial charge in [-0.1, -0.05) is 48.6 Å². The number of hydrogen-bond donors (Lipinski definition) is 3. The number of carbonyl (C=O) groups is 3. The number of ether oxygens (including phenoxy) is 2. The number of nitrogens with one attached hydrogen (secondary N) is 1. The number of aryl methyl sites for hydroxylation is 1. The third-order valence-corrected chi connectivity index (χ3v) is 7.51. The van der Waals surface area contributed by atoms with Gasteiger partial charge in [0.1, 0.15) is 12.7 Å². The molecule has 2 rings (SSSR count). The standard InChI is InChI=1S/C33H48N2O9/c1-2-34-31(38)15-9-4-3-8-14-27-28(30(37)24-29(27)36)19-18-26(17-16-25-12-6-5-7-13-25)44-33(40)21-20-32(39)42-22-10-11-23-43-35-41/h3,5-8,12-13,18-19,26-30,36-37H,2,4,9-11,14-17,20-24H2,1H3,(H,34,38)/b8-3-,19-18+/t26-,27+,28+,29-,30+/m0/s1. The normalized spacial score (nSPS) is 20.4. The Balaban J connectivity index is 1.92. The molecule has 5 atom stereocenters. The molecule has 1 aliphatic carbocycles. The molecule has 0 spiro atoms. The van der Waals surface area contributed by atoms with E-state index in [0.29, 0.717) is 45.1 Å². The first kappa shape index (κ1) is 36.6. The monoisotopic (exact) mass is 616 g/mol. The molecule has 244 valence electrons. The van der Waals surface area contributed by atoms with Crippen LogP contribution in [0.25, 0.3) is 0 Å². The van der Waals surface area contributed by atoms with E-state index in [2.05, 4.69) is 15.5 Å². The van der Waals surface area contributed by atoms with Gasteiger partial charge in [0, 0.05) is 25.3 Å². The average molecular weight is 617 g/mol. The van der Waals surface area contributed by atoms with Crippen molar-refractivity contribution in [3.05, 3.63) is 65.1 Å². The lowest BCUT2D eigenvalue weighted by molar-refractivity contribution is -0.152. The Morgan fingerprint density at radius 3 is 2.50 bits per heavy atom. The van der Waals surface area contributed by atoms with Crippen molar-refractivity contribution in [1.82, 2.24) is 5.32 Å². The van der Waals surface area contributed by atoms with Crippen LogP contribution in [0.1, 0.15) is 76.7 Å². The molecule has 1 aliphatic rings. The van der Waals surface area contributed by atoms with Gasteiger partial charge in [-0.25, -0.2) is 0 Å². The van der Waals surface area contributed by atoms with Gasteiger partial charge in [0.05, 0.1) is 31.7 Å². The average Bonchev–Trinajstić information content (AvgIpc) is 3.28. The highest BCUT2D eigenvalue weighted by atomic mass is 16.7.